The van der Waals surface area contributed by atoms with Gasteiger partial charge in [-0.1, -0.05) is 74.8 Å². The van der Waals surface area contributed by atoms with Crippen LogP contribution in [0.5, 0.6) is 11.5 Å². The van der Waals surface area contributed by atoms with Crippen LogP contribution in [0.15, 0.2) is 72.3 Å². The molecule has 0 aliphatic carbocycles. The summed E-state index contributed by atoms with van der Waals surface area (Å²) in [5, 5.41) is 11.8. The summed E-state index contributed by atoms with van der Waals surface area (Å²) in [4.78, 5) is 28.4. The Bertz CT molecular complexity index is 1390. The highest BCUT2D eigenvalue weighted by atomic mass is 35.5. The molecule has 198 valence electrons. The van der Waals surface area contributed by atoms with Crippen LogP contribution in [0.4, 0.5) is 0 Å². The molecule has 1 heterocycles. The van der Waals surface area contributed by atoms with Crippen LogP contribution < -0.4 is 9.47 Å². The Kier molecular flexibility index (Phi) is 7.83. The van der Waals surface area contributed by atoms with Crippen LogP contribution in [0.2, 0.25) is 5.02 Å². The van der Waals surface area contributed by atoms with E-state index in [4.69, 9.17) is 21.1 Å². The quantitative estimate of drug-likeness (QED) is 0.208. The van der Waals surface area contributed by atoms with Gasteiger partial charge in [0.25, 0.3) is 11.7 Å². The van der Waals surface area contributed by atoms with Crippen molar-refractivity contribution in [1.82, 2.24) is 4.90 Å². The van der Waals surface area contributed by atoms with Gasteiger partial charge in [-0.2, -0.15) is 0 Å². The summed E-state index contributed by atoms with van der Waals surface area (Å²) in [5.74, 6) is -0.743. The van der Waals surface area contributed by atoms with E-state index in [9.17, 15) is 14.7 Å². The van der Waals surface area contributed by atoms with Gasteiger partial charge in [0.2, 0.25) is 0 Å². The second kappa shape index (κ2) is 10.9. The molecule has 1 saturated heterocycles. The van der Waals surface area contributed by atoms with Crippen LogP contribution >= 0.6 is 11.6 Å². The van der Waals surface area contributed by atoms with Crippen molar-refractivity contribution in [3.63, 3.8) is 0 Å². The second-order valence-corrected chi connectivity index (χ2v) is 10.6. The highest BCUT2D eigenvalue weighted by Gasteiger charge is 2.46. The summed E-state index contributed by atoms with van der Waals surface area (Å²) in [6.45, 7) is 8.69. The topological polar surface area (TPSA) is 76.1 Å². The molecule has 0 aromatic heterocycles. The third-order valence-corrected chi connectivity index (χ3v) is 6.98. The number of Topliss-reactive ketones (excluding diaryl/α,β-unsaturated/α-hetero) is 1. The summed E-state index contributed by atoms with van der Waals surface area (Å²) in [7, 11) is 1.56. The molecule has 4 rings (SSSR count). The molecule has 0 bridgehead atoms. The van der Waals surface area contributed by atoms with E-state index < -0.39 is 17.7 Å². The zero-order chi connectivity index (χ0) is 27.6. The molecular formula is C31H32ClNO5. The second-order valence-electron chi connectivity index (χ2n) is 10.2. The smallest absolute Gasteiger partial charge is 0.295 e. The van der Waals surface area contributed by atoms with Crippen LogP contribution in [0.1, 0.15) is 56.0 Å². The number of carbonyl (C=O) groups is 2. The molecule has 1 atom stereocenters. The van der Waals surface area contributed by atoms with Crippen LogP contribution in [0.3, 0.4) is 0 Å². The van der Waals surface area contributed by atoms with Gasteiger partial charge in [0.1, 0.15) is 17.3 Å². The number of carbonyl (C=O) groups excluding carboxylic acids is 2. The Hall–Kier alpha value is -3.77. The van der Waals surface area contributed by atoms with E-state index in [1.54, 1.807) is 25.3 Å². The lowest BCUT2D eigenvalue weighted by molar-refractivity contribution is -0.140. The molecule has 6 nitrogen and oxygen atoms in total. The Morgan fingerprint density at radius 2 is 1.68 bits per heavy atom. The van der Waals surface area contributed by atoms with Gasteiger partial charge in [0.15, 0.2) is 0 Å². The van der Waals surface area contributed by atoms with E-state index in [-0.39, 0.29) is 23.3 Å². The van der Waals surface area contributed by atoms with E-state index in [1.165, 1.54) is 4.90 Å². The summed E-state index contributed by atoms with van der Waals surface area (Å²) in [6, 6.07) is 19.1. The molecule has 3 aromatic carbocycles. The first-order valence-electron chi connectivity index (χ1n) is 12.5. The molecule has 0 radical (unpaired) electrons. The molecule has 7 heteroatoms. The van der Waals surface area contributed by atoms with Gasteiger partial charge in [0, 0.05) is 11.1 Å². The molecular weight excluding hydrogens is 502 g/mol. The van der Waals surface area contributed by atoms with Crippen molar-refractivity contribution in [2.75, 3.05) is 13.7 Å². The van der Waals surface area contributed by atoms with Crippen molar-refractivity contribution >= 4 is 29.1 Å². The predicted molar refractivity (Wildman–Crippen MR) is 149 cm³/mol. The number of para-hydroxylation sites is 1. The fourth-order valence-electron chi connectivity index (χ4n) is 4.64. The third-order valence-electron chi connectivity index (χ3n) is 6.67. The first-order chi connectivity index (χ1) is 18.1. The highest BCUT2D eigenvalue weighted by Crippen LogP contribution is 2.42. The number of ether oxygens (including phenoxy) is 2. The number of hydrogen-bond donors (Lipinski definition) is 1. The summed E-state index contributed by atoms with van der Waals surface area (Å²) in [5.41, 5.74) is 2.85. The predicted octanol–water partition coefficient (Wildman–Crippen LogP) is 6.67. The van der Waals surface area contributed by atoms with E-state index in [0.29, 0.717) is 34.3 Å². The molecule has 1 fully saturated rings. The highest BCUT2D eigenvalue weighted by molar-refractivity contribution is 6.46. The Morgan fingerprint density at radius 3 is 2.32 bits per heavy atom. The lowest BCUT2D eigenvalue weighted by atomic mass is 9.85. The minimum absolute atomic E-state index is 0.0122. The first-order valence-corrected chi connectivity index (χ1v) is 12.9. The van der Waals surface area contributed by atoms with E-state index in [0.717, 1.165) is 11.1 Å². The maximum atomic E-state index is 13.5. The SMILES string of the molecule is CCOc1cc(/C(O)=C2/C(=O)C(=O)N(Cc3ccccc3OC)C2c2ccc(C(C)(C)C)cc2)ccc1Cl. The van der Waals surface area contributed by atoms with Gasteiger partial charge in [-0.3, -0.25) is 9.59 Å². The minimum Gasteiger partial charge on any atom is -0.507 e. The fourth-order valence-corrected chi connectivity index (χ4v) is 4.82. The van der Waals surface area contributed by atoms with Crippen molar-refractivity contribution in [3.8, 4) is 11.5 Å². The number of nitrogens with zero attached hydrogens (tertiary/aromatic N) is 1. The van der Waals surface area contributed by atoms with Crippen LogP contribution in [0.25, 0.3) is 5.76 Å². The maximum Gasteiger partial charge on any atom is 0.295 e. The Labute approximate surface area is 228 Å². The molecule has 1 aliphatic rings. The lowest BCUT2D eigenvalue weighted by Gasteiger charge is -2.27. The molecule has 0 saturated carbocycles. The van der Waals surface area contributed by atoms with E-state index in [2.05, 4.69) is 20.8 Å². The molecule has 0 spiro atoms. The number of likely N-dealkylation sites (tertiary alicyclic amines) is 1. The number of halogens is 1. The summed E-state index contributed by atoms with van der Waals surface area (Å²) >= 11 is 6.25. The monoisotopic (exact) mass is 533 g/mol. The molecule has 1 aliphatic heterocycles. The number of rotatable bonds is 7. The van der Waals surface area contributed by atoms with E-state index in [1.807, 2.05) is 55.5 Å². The number of aliphatic hydroxyl groups is 1. The van der Waals surface area contributed by atoms with Crippen molar-refractivity contribution in [1.29, 1.82) is 0 Å². The summed E-state index contributed by atoms with van der Waals surface area (Å²) < 4.78 is 11.1. The molecule has 1 N–H and O–H groups in total. The molecule has 1 unspecified atom stereocenters. The Balaban J connectivity index is 1.88. The summed E-state index contributed by atoms with van der Waals surface area (Å²) in [6.07, 6.45) is 0. The van der Waals surface area contributed by atoms with Gasteiger partial charge < -0.3 is 19.5 Å². The van der Waals surface area contributed by atoms with Crippen LogP contribution in [-0.4, -0.2) is 35.4 Å². The first kappa shape index (κ1) is 27.3. The van der Waals surface area contributed by atoms with Crippen LogP contribution in [-0.2, 0) is 21.5 Å². The van der Waals surface area contributed by atoms with Crippen molar-refractivity contribution < 1.29 is 24.2 Å². The van der Waals surface area contributed by atoms with Gasteiger partial charge in [0.05, 0.1) is 36.9 Å². The van der Waals surface area contributed by atoms with Gasteiger partial charge >= 0.3 is 0 Å². The van der Waals surface area contributed by atoms with Crippen molar-refractivity contribution in [2.24, 2.45) is 0 Å². The molecule has 3 aromatic rings. The Morgan fingerprint density at radius 1 is 1.00 bits per heavy atom. The number of amides is 1. The fraction of sp³-hybridized carbons (Fsp3) is 0.290. The van der Waals surface area contributed by atoms with Gasteiger partial charge in [-0.15, -0.1) is 0 Å². The molecule has 38 heavy (non-hydrogen) atoms. The minimum atomic E-state index is -0.805. The van der Waals surface area contributed by atoms with Crippen LogP contribution in [0, 0.1) is 0 Å². The van der Waals surface area contributed by atoms with Gasteiger partial charge in [-0.25, -0.2) is 0 Å². The normalized spacial score (nSPS) is 17.1. The lowest BCUT2D eigenvalue weighted by Crippen LogP contribution is -2.29. The molecule has 1 amide bonds. The average molecular weight is 534 g/mol. The van der Waals surface area contributed by atoms with Crippen molar-refractivity contribution in [2.45, 2.75) is 45.7 Å². The van der Waals surface area contributed by atoms with E-state index >= 15 is 0 Å². The zero-order valence-electron chi connectivity index (χ0n) is 22.2. The third kappa shape index (κ3) is 5.27. The maximum absolute atomic E-state index is 13.5. The standard InChI is InChI=1S/C31H32ClNO5/c1-6-38-25-17-20(13-16-23(25)32)28(34)26-27(19-11-14-22(15-12-19)31(2,3)4)33(30(36)29(26)35)18-21-9-7-8-10-24(21)37-5/h7-17,27,34H,6,18H2,1-5H3/b28-26-. The largest absolute Gasteiger partial charge is 0.507 e. The van der Waals surface area contributed by atoms with Crippen molar-refractivity contribution in [3.05, 3.63) is 99.6 Å². The number of methoxy groups -OCH3 is 1. The number of aliphatic hydroxyl groups excluding tert-OH is 1. The number of ketones is 1. The average Bonchev–Trinajstić information content (AvgIpc) is 3.14. The number of hydrogen-bond acceptors (Lipinski definition) is 5. The number of benzene rings is 3. The zero-order valence-corrected chi connectivity index (χ0v) is 23.0. The van der Waals surface area contributed by atoms with Gasteiger partial charge in [-0.05, 0) is 47.7 Å².